The molecular formula is C12H15FN4. The van der Waals surface area contributed by atoms with Gasteiger partial charge in [0.2, 0.25) is 0 Å². The molecule has 0 heterocycles. The zero-order chi connectivity index (χ0) is 12.8. The van der Waals surface area contributed by atoms with E-state index in [2.05, 4.69) is 10.3 Å². The first-order valence-corrected chi connectivity index (χ1v) is 5.28. The number of aliphatic imine (C=N–C) groups is 1. The summed E-state index contributed by atoms with van der Waals surface area (Å²) in [6, 6.07) is 6.29. The zero-order valence-corrected chi connectivity index (χ0v) is 9.87. The van der Waals surface area contributed by atoms with E-state index in [0.717, 1.165) is 0 Å². The van der Waals surface area contributed by atoms with Crippen molar-refractivity contribution in [3.63, 3.8) is 0 Å². The summed E-state index contributed by atoms with van der Waals surface area (Å²) in [7, 11) is 0. The van der Waals surface area contributed by atoms with Gasteiger partial charge in [-0.2, -0.15) is 5.26 Å². The minimum atomic E-state index is -0.384. The lowest BCUT2D eigenvalue weighted by Crippen LogP contribution is -2.36. The summed E-state index contributed by atoms with van der Waals surface area (Å²) < 4.78 is 13.4. The van der Waals surface area contributed by atoms with Crippen molar-refractivity contribution in [2.24, 2.45) is 10.7 Å². The number of nitrogens with two attached hydrogens (primary N) is 1. The Morgan fingerprint density at radius 2 is 2.29 bits per heavy atom. The molecule has 0 saturated heterocycles. The quantitative estimate of drug-likeness (QED) is 0.615. The van der Waals surface area contributed by atoms with Gasteiger partial charge in [-0.1, -0.05) is 0 Å². The van der Waals surface area contributed by atoms with Gasteiger partial charge in [-0.05, 0) is 32.0 Å². The first-order chi connectivity index (χ1) is 8.02. The lowest BCUT2D eigenvalue weighted by molar-refractivity contribution is 0.610. The second-order valence-electron chi connectivity index (χ2n) is 3.92. The van der Waals surface area contributed by atoms with Crippen molar-refractivity contribution < 1.29 is 4.39 Å². The van der Waals surface area contributed by atoms with Crippen LogP contribution in [0, 0.1) is 17.1 Å². The second kappa shape index (κ2) is 5.85. The van der Waals surface area contributed by atoms with Crippen molar-refractivity contribution in [2.45, 2.75) is 26.4 Å². The number of hydrogen-bond donors (Lipinski definition) is 2. The molecule has 1 aromatic rings. The van der Waals surface area contributed by atoms with Crippen LogP contribution in [-0.2, 0) is 6.54 Å². The Morgan fingerprint density at radius 3 is 2.88 bits per heavy atom. The highest BCUT2D eigenvalue weighted by Crippen LogP contribution is 2.11. The number of guanidine groups is 1. The molecule has 0 amide bonds. The van der Waals surface area contributed by atoms with E-state index in [1.165, 1.54) is 18.2 Å². The maximum atomic E-state index is 13.4. The molecule has 0 radical (unpaired) electrons. The van der Waals surface area contributed by atoms with Crippen LogP contribution in [0.1, 0.15) is 25.0 Å². The summed E-state index contributed by atoms with van der Waals surface area (Å²) in [4.78, 5) is 4.00. The molecule has 0 aromatic heterocycles. The average molecular weight is 234 g/mol. The molecule has 1 aromatic carbocycles. The van der Waals surface area contributed by atoms with Crippen LogP contribution in [0.2, 0.25) is 0 Å². The van der Waals surface area contributed by atoms with E-state index in [9.17, 15) is 4.39 Å². The average Bonchev–Trinajstić information content (AvgIpc) is 2.27. The molecule has 0 spiro atoms. The fraction of sp³-hybridized carbons (Fsp3) is 0.333. The fourth-order valence-electron chi connectivity index (χ4n) is 1.28. The van der Waals surface area contributed by atoms with E-state index in [1.54, 1.807) is 0 Å². The highest BCUT2D eigenvalue weighted by atomic mass is 19.1. The van der Waals surface area contributed by atoms with Gasteiger partial charge in [0.1, 0.15) is 5.82 Å². The van der Waals surface area contributed by atoms with Crippen LogP contribution in [0.4, 0.5) is 4.39 Å². The van der Waals surface area contributed by atoms with Crippen LogP contribution in [-0.4, -0.2) is 12.0 Å². The summed E-state index contributed by atoms with van der Waals surface area (Å²) in [5.74, 6) is -0.119. The normalized spacial score (nSPS) is 11.4. The topological polar surface area (TPSA) is 74.2 Å². The van der Waals surface area contributed by atoms with E-state index in [4.69, 9.17) is 11.0 Å². The van der Waals surface area contributed by atoms with E-state index < -0.39 is 0 Å². The highest BCUT2D eigenvalue weighted by molar-refractivity contribution is 5.78. The Labute approximate surface area is 100.0 Å². The van der Waals surface area contributed by atoms with Crippen LogP contribution in [0.15, 0.2) is 23.2 Å². The van der Waals surface area contributed by atoms with Crippen molar-refractivity contribution >= 4 is 5.96 Å². The van der Waals surface area contributed by atoms with Crippen LogP contribution in [0.3, 0.4) is 0 Å². The Morgan fingerprint density at radius 1 is 1.59 bits per heavy atom. The van der Waals surface area contributed by atoms with Crippen molar-refractivity contribution in [3.05, 3.63) is 35.1 Å². The molecule has 0 saturated carbocycles. The number of rotatable bonds is 3. The Bertz CT molecular complexity index is 460. The molecule has 4 nitrogen and oxygen atoms in total. The monoisotopic (exact) mass is 234 g/mol. The first kappa shape index (κ1) is 13.0. The number of benzene rings is 1. The molecule has 0 unspecified atom stereocenters. The minimum Gasteiger partial charge on any atom is -0.370 e. The molecule has 0 atom stereocenters. The maximum Gasteiger partial charge on any atom is 0.189 e. The second-order valence-corrected chi connectivity index (χ2v) is 3.92. The van der Waals surface area contributed by atoms with E-state index in [-0.39, 0.29) is 24.4 Å². The van der Waals surface area contributed by atoms with Crippen molar-refractivity contribution in [1.82, 2.24) is 5.32 Å². The molecule has 0 bridgehead atoms. The third-order valence-electron chi connectivity index (χ3n) is 2.03. The summed E-state index contributed by atoms with van der Waals surface area (Å²) in [6.07, 6.45) is 0. The van der Waals surface area contributed by atoms with Gasteiger partial charge in [-0.25, -0.2) is 9.38 Å². The number of hydrogen-bond acceptors (Lipinski definition) is 2. The lowest BCUT2D eigenvalue weighted by atomic mass is 10.1. The van der Waals surface area contributed by atoms with E-state index in [1.807, 2.05) is 19.9 Å². The molecular weight excluding hydrogens is 219 g/mol. The standard InChI is InChI=1S/C12H15FN4/c1-8(2)17-12(15)16-7-10-5-9(6-14)3-4-11(10)13/h3-5,8H,7H2,1-2H3,(H3,15,16,17). The Kier molecular flexibility index (Phi) is 4.46. The van der Waals surface area contributed by atoms with Gasteiger partial charge >= 0.3 is 0 Å². The van der Waals surface area contributed by atoms with Gasteiger partial charge in [-0.3, -0.25) is 0 Å². The molecule has 1 rings (SSSR count). The van der Waals surface area contributed by atoms with Gasteiger partial charge in [0.15, 0.2) is 5.96 Å². The van der Waals surface area contributed by atoms with Gasteiger partial charge < -0.3 is 11.1 Å². The van der Waals surface area contributed by atoms with Gasteiger partial charge in [-0.15, -0.1) is 0 Å². The third kappa shape index (κ3) is 4.11. The van der Waals surface area contributed by atoms with Crippen molar-refractivity contribution in [1.29, 1.82) is 5.26 Å². The van der Waals surface area contributed by atoms with Crippen LogP contribution >= 0.6 is 0 Å². The molecule has 0 aliphatic rings. The number of halogens is 1. The minimum absolute atomic E-state index is 0.118. The predicted molar refractivity (Wildman–Crippen MR) is 64.7 cm³/mol. The molecule has 5 heteroatoms. The van der Waals surface area contributed by atoms with E-state index in [0.29, 0.717) is 11.1 Å². The molecule has 0 aliphatic carbocycles. The van der Waals surface area contributed by atoms with Crippen LogP contribution in [0.5, 0.6) is 0 Å². The number of nitrogens with zero attached hydrogens (tertiary/aromatic N) is 2. The number of nitrogens with one attached hydrogen (secondary N) is 1. The van der Waals surface area contributed by atoms with Gasteiger partial charge in [0, 0.05) is 11.6 Å². The SMILES string of the molecule is CC(C)NC(N)=NCc1cc(C#N)ccc1F. The fourth-order valence-corrected chi connectivity index (χ4v) is 1.28. The largest absolute Gasteiger partial charge is 0.370 e. The van der Waals surface area contributed by atoms with Crippen LogP contribution < -0.4 is 11.1 Å². The summed E-state index contributed by atoms with van der Waals surface area (Å²) in [6.45, 7) is 3.98. The molecule has 3 N–H and O–H groups in total. The Balaban J connectivity index is 2.78. The van der Waals surface area contributed by atoms with Gasteiger partial charge in [0.25, 0.3) is 0 Å². The first-order valence-electron chi connectivity index (χ1n) is 5.28. The Hall–Kier alpha value is -2.09. The number of nitriles is 1. The molecule has 0 fully saturated rings. The van der Waals surface area contributed by atoms with Crippen molar-refractivity contribution in [3.8, 4) is 6.07 Å². The third-order valence-corrected chi connectivity index (χ3v) is 2.03. The van der Waals surface area contributed by atoms with Gasteiger partial charge in [0.05, 0.1) is 18.2 Å². The summed E-state index contributed by atoms with van der Waals surface area (Å²) in [5.41, 5.74) is 6.36. The smallest absolute Gasteiger partial charge is 0.189 e. The molecule has 17 heavy (non-hydrogen) atoms. The highest BCUT2D eigenvalue weighted by Gasteiger charge is 2.03. The van der Waals surface area contributed by atoms with E-state index >= 15 is 0 Å². The summed E-state index contributed by atoms with van der Waals surface area (Å²) in [5, 5.41) is 11.6. The molecule has 0 aliphatic heterocycles. The van der Waals surface area contributed by atoms with Crippen molar-refractivity contribution in [2.75, 3.05) is 0 Å². The predicted octanol–water partition coefficient (Wildman–Crippen LogP) is 1.51. The maximum absolute atomic E-state index is 13.4. The summed E-state index contributed by atoms with van der Waals surface area (Å²) >= 11 is 0. The molecule has 90 valence electrons. The lowest BCUT2D eigenvalue weighted by Gasteiger charge is -2.08. The zero-order valence-electron chi connectivity index (χ0n) is 9.87. The van der Waals surface area contributed by atoms with Crippen LogP contribution in [0.25, 0.3) is 0 Å².